The van der Waals surface area contributed by atoms with Crippen LogP contribution in [0.15, 0.2) is 42.5 Å². The Morgan fingerprint density at radius 2 is 1.75 bits per heavy atom. The highest BCUT2D eigenvalue weighted by molar-refractivity contribution is 5.74. The summed E-state index contributed by atoms with van der Waals surface area (Å²) in [6, 6.07) is 13.4. The monoisotopic (exact) mass is 328 g/mol. The van der Waals surface area contributed by atoms with Crippen LogP contribution in [0.4, 0.5) is 4.79 Å². The van der Waals surface area contributed by atoms with Crippen LogP contribution in [0.2, 0.25) is 0 Å². The molecule has 5 heteroatoms. The zero-order valence-electron chi connectivity index (χ0n) is 14.1. The maximum absolute atomic E-state index is 12.0. The smallest absolute Gasteiger partial charge is 0.315 e. The van der Waals surface area contributed by atoms with E-state index in [-0.39, 0.29) is 19.2 Å². The fraction of sp³-hybridized carbons (Fsp3) is 0.316. The van der Waals surface area contributed by atoms with Crippen molar-refractivity contribution in [3.05, 3.63) is 64.7 Å². The molecule has 0 heterocycles. The topological polar surface area (TPSA) is 70.6 Å². The van der Waals surface area contributed by atoms with Crippen LogP contribution in [0.25, 0.3) is 0 Å². The molecule has 0 saturated heterocycles. The average molecular weight is 328 g/mol. The highest BCUT2D eigenvalue weighted by Gasteiger charge is 2.06. The number of carbonyl (C=O) groups excluding carboxylic acids is 1. The van der Waals surface area contributed by atoms with Gasteiger partial charge in [-0.15, -0.1) is 0 Å². The van der Waals surface area contributed by atoms with Crippen molar-refractivity contribution in [3.8, 4) is 5.75 Å². The summed E-state index contributed by atoms with van der Waals surface area (Å²) in [5.74, 6) is 0.668. The summed E-state index contributed by atoms with van der Waals surface area (Å²) in [7, 11) is 0. The standard InChI is InChI=1S/C19H24N2O3/c1-14-7-8-16(15(2)11-14)12-20-19(23)21-13-17-5-3-4-6-18(17)24-10-9-22/h3-8,11,22H,9-10,12-13H2,1-2H3,(H2,20,21,23). The lowest BCUT2D eigenvalue weighted by Crippen LogP contribution is -2.34. The molecule has 5 nitrogen and oxygen atoms in total. The van der Waals surface area contributed by atoms with Crippen molar-refractivity contribution in [3.63, 3.8) is 0 Å². The minimum atomic E-state index is -0.230. The second-order valence-corrected chi connectivity index (χ2v) is 5.65. The van der Waals surface area contributed by atoms with Gasteiger partial charge < -0.3 is 20.5 Å². The van der Waals surface area contributed by atoms with Crippen molar-refractivity contribution in [2.75, 3.05) is 13.2 Å². The first-order valence-electron chi connectivity index (χ1n) is 7.99. The lowest BCUT2D eigenvalue weighted by Gasteiger charge is -2.13. The summed E-state index contributed by atoms with van der Waals surface area (Å²) in [6.07, 6.45) is 0. The van der Waals surface area contributed by atoms with Crippen molar-refractivity contribution in [2.24, 2.45) is 0 Å². The number of aliphatic hydroxyl groups excluding tert-OH is 1. The van der Waals surface area contributed by atoms with Gasteiger partial charge in [-0.2, -0.15) is 0 Å². The number of nitrogens with one attached hydrogen (secondary N) is 2. The molecule has 2 amide bonds. The van der Waals surface area contributed by atoms with E-state index in [2.05, 4.69) is 16.7 Å². The Bertz CT molecular complexity index is 686. The zero-order chi connectivity index (χ0) is 17.4. The number of rotatable bonds is 7. The number of aryl methyl sites for hydroxylation is 2. The highest BCUT2D eigenvalue weighted by Crippen LogP contribution is 2.17. The molecule has 0 fully saturated rings. The van der Waals surface area contributed by atoms with Crippen molar-refractivity contribution in [1.29, 1.82) is 0 Å². The SMILES string of the molecule is Cc1ccc(CNC(=O)NCc2ccccc2OCCO)c(C)c1. The van der Waals surface area contributed by atoms with E-state index in [9.17, 15) is 4.79 Å². The fourth-order valence-corrected chi connectivity index (χ4v) is 2.40. The molecule has 2 rings (SSSR count). The molecular formula is C19H24N2O3. The van der Waals surface area contributed by atoms with E-state index in [0.717, 1.165) is 16.7 Å². The molecule has 2 aromatic rings. The summed E-state index contributed by atoms with van der Waals surface area (Å²) < 4.78 is 5.45. The van der Waals surface area contributed by atoms with E-state index in [4.69, 9.17) is 9.84 Å². The number of aliphatic hydroxyl groups is 1. The second-order valence-electron chi connectivity index (χ2n) is 5.65. The van der Waals surface area contributed by atoms with Crippen molar-refractivity contribution in [1.82, 2.24) is 10.6 Å². The molecule has 0 spiro atoms. The van der Waals surface area contributed by atoms with Gasteiger partial charge in [-0.3, -0.25) is 0 Å². The van der Waals surface area contributed by atoms with Crippen LogP contribution < -0.4 is 15.4 Å². The lowest BCUT2D eigenvalue weighted by molar-refractivity contribution is 0.200. The van der Waals surface area contributed by atoms with Crippen LogP contribution in [0.1, 0.15) is 22.3 Å². The van der Waals surface area contributed by atoms with E-state index >= 15 is 0 Å². The van der Waals surface area contributed by atoms with Crippen LogP contribution in [0, 0.1) is 13.8 Å². The largest absolute Gasteiger partial charge is 0.491 e. The molecule has 128 valence electrons. The number of urea groups is 1. The number of para-hydroxylation sites is 1. The number of ether oxygens (including phenoxy) is 1. The number of amides is 2. The summed E-state index contributed by atoms with van der Waals surface area (Å²) in [4.78, 5) is 12.0. The van der Waals surface area contributed by atoms with Gasteiger partial charge in [-0.25, -0.2) is 4.79 Å². The van der Waals surface area contributed by atoms with Gasteiger partial charge in [0.2, 0.25) is 0 Å². The first-order valence-corrected chi connectivity index (χ1v) is 7.99. The molecular weight excluding hydrogens is 304 g/mol. The van der Waals surface area contributed by atoms with Crippen molar-refractivity contribution < 1.29 is 14.6 Å². The van der Waals surface area contributed by atoms with E-state index in [0.29, 0.717) is 18.8 Å². The molecule has 0 aliphatic carbocycles. The Kier molecular flexibility index (Phi) is 6.63. The predicted octanol–water partition coefficient (Wildman–Crippen LogP) is 2.67. The quantitative estimate of drug-likeness (QED) is 0.732. The number of carbonyl (C=O) groups is 1. The minimum Gasteiger partial charge on any atom is -0.491 e. The molecule has 0 atom stereocenters. The van der Waals surface area contributed by atoms with Crippen LogP contribution in [-0.2, 0) is 13.1 Å². The summed E-state index contributed by atoms with van der Waals surface area (Å²) >= 11 is 0. The molecule has 0 bridgehead atoms. The van der Waals surface area contributed by atoms with Gasteiger partial charge in [0.25, 0.3) is 0 Å². The zero-order valence-corrected chi connectivity index (χ0v) is 14.1. The van der Waals surface area contributed by atoms with Crippen LogP contribution >= 0.6 is 0 Å². The maximum Gasteiger partial charge on any atom is 0.315 e. The number of hydrogen-bond donors (Lipinski definition) is 3. The third-order valence-electron chi connectivity index (χ3n) is 3.70. The molecule has 3 N–H and O–H groups in total. The molecule has 0 unspecified atom stereocenters. The lowest BCUT2D eigenvalue weighted by atomic mass is 10.1. The summed E-state index contributed by atoms with van der Waals surface area (Å²) in [5, 5.41) is 14.5. The Balaban J connectivity index is 1.85. The molecule has 0 aliphatic heterocycles. The van der Waals surface area contributed by atoms with E-state index in [1.165, 1.54) is 5.56 Å². The highest BCUT2D eigenvalue weighted by atomic mass is 16.5. The van der Waals surface area contributed by atoms with Gasteiger partial charge in [0, 0.05) is 18.7 Å². The molecule has 0 aliphatic rings. The van der Waals surface area contributed by atoms with E-state index < -0.39 is 0 Å². The third-order valence-corrected chi connectivity index (χ3v) is 3.70. The van der Waals surface area contributed by atoms with Crippen molar-refractivity contribution in [2.45, 2.75) is 26.9 Å². The molecule has 0 aromatic heterocycles. The Morgan fingerprint density at radius 1 is 1.04 bits per heavy atom. The van der Waals surface area contributed by atoms with E-state index in [1.807, 2.05) is 50.2 Å². The average Bonchev–Trinajstić information content (AvgIpc) is 2.58. The van der Waals surface area contributed by atoms with Crippen LogP contribution in [-0.4, -0.2) is 24.4 Å². The number of benzene rings is 2. The Labute approximate surface area is 142 Å². The van der Waals surface area contributed by atoms with Crippen LogP contribution in [0.3, 0.4) is 0 Å². The predicted molar refractivity (Wildman–Crippen MR) is 94.0 cm³/mol. The van der Waals surface area contributed by atoms with Gasteiger partial charge in [0.1, 0.15) is 12.4 Å². The van der Waals surface area contributed by atoms with Gasteiger partial charge in [0.05, 0.1) is 6.61 Å². The molecule has 2 aromatic carbocycles. The van der Waals surface area contributed by atoms with Gasteiger partial charge in [-0.1, -0.05) is 42.0 Å². The summed E-state index contributed by atoms with van der Waals surface area (Å²) in [6.45, 7) is 5.12. The molecule has 0 saturated carbocycles. The van der Waals surface area contributed by atoms with Gasteiger partial charge >= 0.3 is 6.03 Å². The molecule has 0 radical (unpaired) electrons. The maximum atomic E-state index is 12.0. The van der Waals surface area contributed by atoms with Gasteiger partial charge in [0.15, 0.2) is 0 Å². The first kappa shape index (κ1) is 17.8. The second kappa shape index (κ2) is 8.93. The Morgan fingerprint density at radius 3 is 2.46 bits per heavy atom. The fourth-order valence-electron chi connectivity index (χ4n) is 2.40. The van der Waals surface area contributed by atoms with Gasteiger partial charge in [-0.05, 0) is 31.0 Å². The normalized spacial score (nSPS) is 10.3. The minimum absolute atomic E-state index is 0.0435. The van der Waals surface area contributed by atoms with E-state index in [1.54, 1.807) is 0 Å². The van der Waals surface area contributed by atoms with Crippen LogP contribution in [0.5, 0.6) is 5.75 Å². The third kappa shape index (κ3) is 5.28. The Hall–Kier alpha value is -2.53. The van der Waals surface area contributed by atoms with Crippen molar-refractivity contribution >= 4 is 6.03 Å². The number of hydrogen-bond acceptors (Lipinski definition) is 3. The first-order chi connectivity index (χ1) is 11.6. The molecule has 24 heavy (non-hydrogen) atoms. The summed E-state index contributed by atoms with van der Waals surface area (Å²) in [5.41, 5.74) is 4.34.